The molecule has 0 fully saturated rings. The van der Waals surface area contributed by atoms with E-state index in [-0.39, 0.29) is 12.5 Å². The number of hydrogen-bond donors (Lipinski definition) is 2. The molecule has 0 unspecified atom stereocenters. The lowest BCUT2D eigenvalue weighted by molar-refractivity contribution is -0.402. The molecule has 0 atom stereocenters. The Hall–Kier alpha value is -1.40. The Labute approximate surface area is 80.7 Å². The van der Waals surface area contributed by atoms with Crippen LogP contribution in [0.1, 0.15) is 12.2 Å². The van der Waals surface area contributed by atoms with Crippen LogP contribution in [0.3, 0.4) is 0 Å². The number of nitro groups is 1. The number of nitrogens with one attached hydrogen (secondary N) is 1. The molecule has 6 heteroatoms. The van der Waals surface area contributed by atoms with Crippen LogP contribution in [0.2, 0.25) is 0 Å². The fourth-order valence-electron chi connectivity index (χ4n) is 0.975. The minimum atomic E-state index is -0.572. The van der Waals surface area contributed by atoms with E-state index in [4.69, 9.17) is 9.52 Å². The maximum Gasteiger partial charge on any atom is 0.433 e. The second-order valence-corrected chi connectivity index (χ2v) is 2.75. The molecule has 0 aliphatic carbocycles. The first-order chi connectivity index (χ1) is 6.74. The number of hydrogen-bond acceptors (Lipinski definition) is 5. The van der Waals surface area contributed by atoms with E-state index in [1.54, 1.807) is 6.07 Å². The molecule has 0 aromatic carbocycles. The van der Waals surface area contributed by atoms with Gasteiger partial charge in [0, 0.05) is 6.61 Å². The quantitative estimate of drug-likeness (QED) is 0.400. The molecule has 0 saturated carbocycles. The predicted octanol–water partition coefficient (Wildman–Crippen LogP) is 0.660. The summed E-state index contributed by atoms with van der Waals surface area (Å²) >= 11 is 0. The van der Waals surface area contributed by atoms with Gasteiger partial charge in [0.05, 0.1) is 12.6 Å². The van der Waals surface area contributed by atoms with E-state index in [2.05, 4.69) is 5.32 Å². The maximum atomic E-state index is 10.2. The average molecular weight is 200 g/mol. The van der Waals surface area contributed by atoms with Gasteiger partial charge in [0.15, 0.2) is 0 Å². The third-order valence-corrected chi connectivity index (χ3v) is 1.64. The zero-order valence-corrected chi connectivity index (χ0v) is 7.60. The van der Waals surface area contributed by atoms with Crippen molar-refractivity contribution in [2.24, 2.45) is 0 Å². The van der Waals surface area contributed by atoms with Gasteiger partial charge in [-0.2, -0.15) is 0 Å². The summed E-state index contributed by atoms with van der Waals surface area (Å²) in [4.78, 5) is 9.68. The molecule has 1 rings (SSSR count). The highest BCUT2D eigenvalue weighted by atomic mass is 16.6. The lowest BCUT2D eigenvalue weighted by Gasteiger charge is -1.98. The molecule has 1 aromatic rings. The van der Waals surface area contributed by atoms with Crippen LogP contribution in [0, 0.1) is 10.1 Å². The minimum absolute atomic E-state index is 0.130. The van der Waals surface area contributed by atoms with E-state index in [9.17, 15) is 10.1 Å². The van der Waals surface area contributed by atoms with Crippen LogP contribution in [-0.2, 0) is 6.54 Å². The molecule has 78 valence electrons. The zero-order valence-electron chi connectivity index (χ0n) is 7.60. The van der Waals surface area contributed by atoms with Crippen LogP contribution in [0.15, 0.2) is 16.5 Å². The zero-order chi connectivity index (χ0) is 10.4. The number of furan rings is 1. The van der Waals surface area contributed by atoms with E-state index >= 15 is 0 Å². The average Bonchev–Trinajstić information content (AvgIpc) is 2.61. The van der Waals surface area contributed by atoms with Gasteiger partial charge >= 0.3 is 5.88 Å². The molecule has 1 aromatic heterocycles. The monoisotopic (exact) mass is 200 g/mol. The third-order valence-electron chi connectivity index (χ3n) is 1.64. The highest BCUT2D eigenvalue weighted by molar-refractivity contribution is 5.17. The summed E-state index contributed by atoms with van der Waals surface area (Å²) < 4.78 is 4.90. The highest BCUT2D eigenvalue weighted by Crippen LogP contribution is 2.14. The summed E-state index contributed by atoms with van der Waals surface area (Å²) in [5.74, 6) is 0.276. The third kappa shape index (κ3) is 3.15. The smallest absolute Gasteiger partial charge is 0.404 e. The Morgan fingerprint density at radius 2 is 2.36 bits per heavy atom. The second-order valence-electron chi connectivity index (χ2n) is 2.75. The van der Waals surface area contributed by atoms with Crippen LogP contribution in [0.4, 0.5) is 5.88 Å². The molecule has 2 N–H and O–H groups in total. The summed E-state index contributed by atoms with van der Waals surface area (Å²) in [5, 5.41) is 21.7. The van der Waals surface area contributed by atoms with Crippen molar-refractivity contribution in [3.8, 4) is 0 Å². The van der Waals surface area contributed by atoms with Gasteiger partial charge in [-0.15, -0.1) is 0 Å². The fraction of sp³-hybridized carbons (Fsp3) is 0.500. The van der Waals surface area contributed by atoms with Crippen LogP contribution in [0.5, 0.6) is 0 Å². The summed E-state index contributed by atoms with van der Waals surface area (Å²) in [6.45, 7) is 1.23. The minimum Gasteiger partial charge on any atom is -0.404 e. The van der Waals surface area contributed by atoms with Gasteiger partial charge in [0.2, 0.25) is 0 Å². The predicted molar refractivity (Wildman–Crippen MR) is 48.8 cm³/mol. The van der Waals surface area contributed by atoms with Crippen molar-refractivity contribution in [2.45, 2.75) is 13.0 Å². The van der Waals surface area contributed by atoms with E-state index in [0.29, 0.717) is 25.3 Å². The maximum absolute atomic E-state index is 10.2. The Kier molecular flexibility index (Phi) is 4.09. The molecule has 6 nitrogen and oxygen atoms in total. The highest BCUT2D eigenvalue weighted by Gasteiger charge is 2.10. The van der Waals surface area contributed by atoms with E-state index < -0.39 is 4.92 Å². The Balaban J connectivity index is 2.33. The summed E-state index contributed by atoms with van der Waals surface area (Å²) in [6, 6.07) is 2.88. The number of aliphatic hydroxyl groups excluding tert-OH is 1. The van der Waals surface area contributed by atoms with E-state index in [1.165, 1.54) is 6.07 Å². The molecule has 1 heterocycles. The normalized spacial score (nSPS) is 10.4. The largest absolute Gasteiger partial charge is 0.433 e. The van der Waals surface area contributed by atoms with Gasteiger partial charge in [-0.1, -0.05) is 0 Å². The molecule has 0 aliphatic heterocycles. The van der Waals surface area contributed by atoms with Gasteiger partial charge in [-0.25, -0.2) is 0 Å². The van der Waals surface area contributed by atoms with Crippen LogP contribution >= 0.6 is 0 Å². The molecule has 0 saturated heterocycles. The Morgan fingerprint density at radius 3 is 2.93 bits per heavy atom. The second kappa shape index (κ2) is 5.36. The fourth-order valence-corrected chi connectivity index (χ4v) is 0.975. The van der Waals surface area contributed by atoms with Crippen molar-refractivity contribution in [2.75, 3.05) is 13.2 Å². The van der Waals surface area contributed by atoms with Crippen molar-refractivity contribution in [3.63, 3.8) is 0 Å². The molecule has 0 amide bonds. The summed E-state index contributed by atoms with van der Waals surface area (Å²) in [6.07, 6.45) is 0.656. The molecule has 0 bridgehead atoms. The molecule has 0 aliphatic rings. The topological polar surface area (TPSA) is 88.5 Å². The van der Waals surface area contributed by atoms with Gasteiger partial charge in [-0.3, -0.25) is 10.1 Å². The Bertz CT molecular complexity index is 297. The van der Waals surface area contributed by atoms with Crippen molar-refractivity contribution in [1.29, 1.82) is 0 Å². The first-order valence-electron chi connectivity index (χ1n) is 4.28. The van der Waals surface area contributed by atoms with E-state index in [0.717, 1.165) is 0 Å². The van der Waals surface area contributed by atoms with Crippen LogP contribution in [0.25, 0.3) is 0 Å². The summed E-state index contributed by atoms with van der Waals surface area (Å²) in [5.41, 5.74) is 0. The first kappa shape index (κ1) is 10.7. The van der Waals surface area contributed by atoms with Gasteiger partial charge in [-0.05, 0) is 19.0 Å². The van der Waals surface area contributed by atoms with Crippen molar-refractivity contribution in [1.82, 2.24) is 5.32 Å². The number of nitrogens with zero attached hydrogens (tertiary/aromatic N) is 1. The standard InChI is InChI=1S/C8H12N2O4/c11-5-1-4-9-6-7-2-3-8(14-7)10(12)13/h2-3,9,11H,1,4-6H2. The molecular weight excluding hydrogens is 188 g/mol. The molecule has 0 radical (unpaired) electrons. The SMILES string of the molecule is O=[N+]([O-])c1ccc(CNCCCO)o1. The van der Waals surface area contributed by atoms with Crippen molar-refractivity contribution >= 4 is 5.88 Å². The molecule has 14 heavy (non-hydrogen) atoms. The molecular formula is C8H12N2O4. The number of aliphatic hydroxyl groups is 1. The first-order valence-corrected chi connectivity index (χ1v) is 4.28. The number of rotatable bonds is 6. The summed E-state index contributed by atoms with van der Waals surface area (Å²) in [7, 11) is 0. The van der Waals surface area contributed by atoms with E-state index in [1.807, 2.05) is 0 Å². The lowest BCUT2D eigenvalue weighted by Crippen LogP contribution is -2.15. The van der Waals surface area contributed by atoms with Gasteiger partial charge < -0.3 is 14.8 Å². The van der Waals surface area contributed by atoms with Crippen molar-refractivity contribution in [3.05, 3.63) is 28.0 Å². The van der Waals surface area contributed by atoms with Crippen LogP contribution < -0.4 is 5.32 Å². The van der Waals surface area contributed by atoms with Crippen LogP contribution in [-0.4, -0.2) is 23.2 Å². The molecule has 0 spiro atoms. The lowest BCUT2D eigenvalue weighted by atomic mass is 10.4. The Morgan fingerprint density at radius 1 is 1.57 bits per heavy atom. The van der Waals surface area contributed by atoms with Gasteiger partial charge in [0.1, 0.15) is 10.7 Å². The van der Waals surface area contributed by atoms with Gasteiger partial charge in [0.25, 0.3) is 0 Å². The van der Waals surface area contributed by atoms with Crippen molar-refractivity contribution < 1.29 is 14.4 Å².